The lowest BCUT2D eigenvalue weighted by atomic mass is 9.99. The zero-order valence-corrected chi connectivity index (χ0v) is 12.9. The van der Waals surface area contributed by atoms with E-state index in [2.05, 4.69) is 11.2 Å². The Balaban J connectivity index is 1.98. The maximum atomic E-state index is 12.1. The van der Waals surface area contributed by atoms with Gasteiger partial charge in [-0.3, -0.25) is 4.79 Å². The van der Waals surface area contributed by atoms with E-state index in [4.69, 9.17) is 15.9 Å². The minimum Gasteiger partial charge on any atom is -0.493 e. The zero-order chi connectivity index (χ0) is 15.8. The molecule has 0 bridgehead atoms. The summed E-state index contributed by atoms with van der Waals surface area (Å²) >= 11 is 0. The van der Waals surface area contributed by atoms with Gasteiger partial charge in [-0.2, -0.15) is 0 Å². The minimum atomic E-state index is 0.0154. The quantitative estimate of drug-likeness (QED) is 0.822. The number of benzene rings is 1. The van der Waals surface area contributed by atoms with Crippen molar-refractivity contribution in [3.63, 3.8) is 0 Å². The molecule has 22 heavy (non-hydrogen) atoms. The van der Waals surface area contributed by atoms with Gasteiger partial charge in [-0.15, -0.1) is 6.42 Å². The fourth-order valence-electron chi connectivity index (χ4n) is 2.40. The van der Waals surface area contributed by atoms with Crippen LogP contribution in [0.4, 0.5) is 0 Å². The molecule has 0 radical (unpaired) electrons. The van der Waals surface area contributed by atoms with Crippen molar-refractivity contribution in [2.24, 2.45) is 0 Å². The summed E-state index contributed by atoms with van der Waals surface area (Å²) in [6.45, 7) is 0.631. The smallest absolute Gasteiger partial charge is 0.247 e. The largest absolute Gasteiger partial charge is 0.493 e. The Kier molecular flexibility index (Phi) is 5.91. The van der Waals surface area contributed by atoms with Crippen LogP contribution < -0.4 is 14.8 Å². The van der Waals surface area contributed by atoms with Gasteiger partial charge in [0.1, 0.15) is 6.61 Å². The Morgan fingerprint density at radius 2 is 2.23 bits per heavy atom. The number of carbonyl (C=O) groups excluding carboxylic acids is 1. The molecule has 0 atom stereocenters. The van der Waals surface area contributed by atoms with Gasteiger partial charge in [0, 0.05) is 12.1 Å². The van der Waals surface area contributed by atoms with Crippen molar-refractivity contribution in [2.45, 2.75) is 32.2 Å². The third kappa shape index (κ3) is 4.29. The second-order valence-electron chi connectivity index (χ2n) is 5.14. The van der Waals surface area contributed by atoms with E-state index in [9.17, 15) is 4.79 Å². The molecule has 0 fully saturated rings. The molecule has 4 heteroatoms. The number of carbonyl (C=O) groups is 1. The van der Waals surface area contributed by atoms with Gasteiger partial charge in [0.05, 0.1) is 7.11 Å². The third-order valence-electron chi connectivity index (χ3n) is 3.57. The summed E-state index contributed by atoms with van der Waals surface area (Å²) in [6, 6.07) is 5.55. The second-order valence-corrected chi connectivity index (χ2v) is 5.14. The van der Waals surface area contributed by atoms with Crippen molar-refractivity contribution in [1.82, 2.24) is 5.32 Å². The van der Waals surface area contributed by atoms with Crippen LogP contribution >= 0.6 is 0 Å². The molecule has 0 spiro atoms. The fraction of sp³-hybridized carbons (Fsp3) is 0.389. The van der Waals surface area contributed by atoms with E-state index in [0.29, 0.717) is 18.0 Å². The zero-order valence-electron chi connectivity index (χ0n) is 12.9. The van der Waals surface area contributed by atoms with Crippen LogP contribution in [0.1, 0.15) is 31.2 Å². The Hall–Kier alpha value is -2.41. The molecule has 4 nitrogen and oxygen atoms in total. The summed E-state index contributed by atoms with van der Waals surface area (Å²) in [6.07, 6.45) is 11.4. The molecule has 1 aromatic rings. The number of ether oxygens (including phenoxy) is 2. The summed E-state index contributed by atoms with van der Waals surface area (Å²) in [5.74, 6) is 3.65. The van der Waals surface area contributed by atoms with Crippen molar-refractivity contribution < 1.29 is 14.3 Å². The molecule has 1 aliphatic rings. The highest BCUT2D eigenvalue weighted by Crippen LogP contribution is 2.28. The topological polar surface area (TPSA) is 47.6 Å². The predicted octanol–water partition coefficient (Wildman–Crippen LogP) is 2.82. The Morgan fingerprint density at radius 1 is 1.36 bits per heavy atom. The van der Waals surface area contributed by atoms with E-state index in [1.165, 1.54) is 6.42 Å². The summed E-state index contributed by atoms with van der Waals surface area (Å²) in [4.78, 5) is 12.1. The van der Waals surface area contributed by atoms with Gasteiger partial charge in [0.25, 0.3) is 0 Å². The molecule has 1 aromatic carbocycles. The van der Waals surface area contributed by atoms with Crippen LogP contribution in [-0.4, -0.2) is 19.6 Å². The van der Waals surface area contributed by atoms with E-state index in [-0.39, 0.29) is 12.5 Å². The van der Waals surface area contributed by atoms with Crippen LogP contribution in [0.25, 0.3) is 0 Å². The number of nitrogens with one attached hydrogen (secondary N) is 1. The van der Waals surface area contributed by atoms with Gasteiger partial charge < -0.3 is 14.8 Å². The third-order valence-corrected chi connectivity index (χ3v) is 3.57. The lowest BCUT2D eigenvalue weighted by Crippen LogP contribution is -2.25. The van der Waals surface area contributed by atoms with Gasteiger partial charge in [-0.05, 0) is 43.4 Å². The number of hydrogen-bond acceptors (Lipinski definition) is 3. The first kappa shape index (κ1) is 16.0. The highest BCUT2D eigenvalue weighted by atomic mass is 16.5. The average Bonchev–Trinajstić information content (AvgIpc) is 2.58. The van der Waals surface area contributed by atoms with Crippen LogP contribution in [0.2, 0.25) is 0 Å². The maximum Gasteiger partial charge on any atom is 0.247 e. The normalized spacial score (nSPS) is 13.7. The van der Waals surface area contributed by atoms with Crippen molar-refractivity contribution in [3.05, 3.63) is 35.4 Å². The Morgan fingerprint density at radius 3 is 2.91 bits per heavy atom. The summed E-state index contributed by atoms with van der Waals surface area (Å²) < 4.78 is 10.7. The molecule has 0 aliphatic heterocycles. The first-order valence-corrected chi connectivity index (χ1v) is 7.45. The van der Waals surface area contributed by atoms with Crippen LogP contribution in [0.15, 0.2) is 29.8 Å². The monoisotopic (exact) mass is 299 g/mol. The van der Waals surface area contributed by atoms with Crippen LogP contribution in [0.5, 0.6) is 11.5 Å². The molecule has 1 N–H and O–H groups in total. The lowest BCUT2D eigenvalue weighted by molar-refractivity contribution is -0.117. The molecular formula is C18H21NO3. The SMILES string of the molecule is C#CCOc1cc(CNC(=O)C2=CCCCC2)ccc1OC. The molecule has 0 unspecified atom stereocenters. The lowest BCUT2D eigenvalue weighted by Gasteiger charge is -2.14. The van der Waals surface area contributed by atoms with Gasteiger partial charge in [0.15, 0.2) is 11.5 Å². The first-order valence-electron chi connectivity index (χ1n) is 7.45. The van der Waals surface area contributed by atoms with Crippen LogP contribution in [0.3, 0.4) is 0 Å². The van der Waals surface area contributed by atoms with Crippen molar-refractivity contribution in [1.29, 1.82) is 0 Å². The number of methoxy groups -OCH3 is 1. The van der Waals surface area contributed by atoms with Gasteiger partial charge in [-0.1, -0.05) is 18.1 Å². The van der Waals surface area contributed by atoms with E-state index in [1.807, 2.05) is 24.3 Å². The Bertz CT molecular complexity index is 599. The molecule has 1 aliphatic carbocycles. The standard InChI is InChI=1S/C18H21NO3/c1-3-11-22-17-12-14(9-10-16(17)21-2)13-19-18(20)15-7-5-4-6-8-15/h1,7,9-10,12H,4-6,8,11,13H2,2H3,(H,19,20). The van der Waals surface area contributed by atoms with E-state index in [1.54, 1.807) is 7.11 Å². The average molecular weight is 299 g/mol. The highest BCUT2D eigenvalue weighted by Gasteiger charge is 2.12. The highest BCUT2D eigenvalue weighted by molar-refractivity contribution is 5.93. The summed E-state index contributed by atoms with van der Waals surface area (Å²) in [7, 11) is 1.58. The van der Waals surface area contributed by atoms with E-state index < -0.39 is 0 Å². The summed E-state index contributed by atoms with van der Waals surface area (Å²) in [5, 5.41) is 2.95. The molecule has 1 amide bonds. The number of amides is 1. The number of allylic oxidation sites excluding steroid dienone is 1. The molecular weight excluding hydrogens is 278 g/mol. The first-order chi connectivity index (χ1) is 10.7. The number of rotatable bonds is 6. The molecule has 0 saturated heterocycles. The molecule has 2 rings (SSSR count). The molecule has 116 valence electrons. The van der Waals surface area contributed by atoms with Gasteiger partial charge in [-0.25, -0.2) is 0 Å². The van der Waals surface area contributed by atoms with Crippen molar-refractivity contribution in [3.8, 4) is 23.8 Å². The van der Waals surface area contributed by atoms with Crippen LogP contribution in [0, 0.1) is 12.3 Å². The molecule has 0 aromatic heterocycles. The maximum absolute atomic E-state index is 12.1. The second kappa shape index (κ2) is 8.14. The predicted molar refractivity (Wildman–Crippen MR) is 85.7 cm³/mol. The summed E-state index contributed by atoms with van der Waals surface area (Å²) in [5.41, 5.74) is 1.83. The number of hydrogen-bond donors (Lipinski definition) is 1. The minimum absolute atomic E-state index is 0.0154. The van der Waals surface area contributed by atoms with Gasteiger partial charge >= 0.3 is 0 Å². The van der Waals surface area contributed by atoms with E-state index >= 15 is 0 Å². The molecule has 0 saturated carbocycles. The van der Waals surface area contributed by atoms with Crippen LogP contribution in [-0.2, 0) is 11.3 Å². The van der Waals surface area contributed by atoms with Crippen molar-refractivity contribution in [2.75, 3.05) is 13.7 Å². The fourth-order valence-corrected chi connectivity index (χ4v) is 2.40. The van der Waals surface area contributed by atoms with E-state index in [0.717, 1.165) is 30.4 Å². The van der Waals surface area contributed by atoms with Crippen molar-refractivity contribution >= 4 is 5.91 Å². The van der Waals surface area contributed by atoms with Gasteiger partial charge in [0.2, 0.25) is 5.91 Å². The molecule has 0 heterocycles. The Labute approximate surface area is 131 Å². The number of terminal acetylenes is 1.